The number of nitrogens with two attached hydrogens (primary N) is 1. The molecule has 4 atom stereocenters. The third kappa shape index (κ3) is 3.71. The number of nitrogens with one attached hydrogen (secondary N) is 1. The van der Waals surface area contributed by atoms with Gasteiger partial charge in [-0.05, 0) is 38.8 Å². The van der Waals surface area contributed by atoms with Gasteiger partial charge in [-0.3, -0.25) is 0 Å². The van der Waals surface area contributed by atoms with Gasteiger partial charge in [-0.1, -0.05) is 0 Å². The smallest absolute Gasteiger partial charge is 0.208 e. The minimum Gasteiger partial charge on any atom is -0.384 e. The van der Waals surface area contributed by atoms with Crippen molar-refractivity contribution >= 4 is 21.7 Å². The third-order valence-corrected chi connectivity index (χ3v) is 7.98. The SMILES string of the molecule is CS(=O)(=O)NC1CCN(C[C@H]2[C@H]3CN(c4cc(N)ncn4)C[C@]34CC[C@H]2O4)CC1. The minimum absolute atomic E-state index is 0.0504. The lowest BCUT2D eigenvalue weighted by atomic mass is 9.73. The molecule has 1 aromatic heterocycles. The summed E-state index contributed by atoms with van der Waals surface area (Å²) in [5.74, 6) is 2.41. The fourth-order valence-corrected chi connectivity index (χ4v) is 6.82. The van der Waals surface area contributed by atoms with E-state index in [1.165, 1.54) is 12.6 Å². The van der Waals surface area contributed by atoms with E-state index < -0.39 is 10.0 Å². The van der Waals surface area contributed by atoms with Gasteiger partial charge >= 0.3 is 0 Å². The van der Waals surface area contributed by atoms with Crippen molar-refractivity contribution in [2.24, 2.45) is 11.8 Å². The lowest BCUT2D eigenvalue weighted by Gasteiger charge is -2.37. The van der Waals surface area contributed by atoms with E-state index in [2.05, 4.69) is 24.5 Å². The molecule has 9 nitrogen and oxygen atoms in total. The molecule has 5 heterocycles. The van der Waals surface area contributed by atoms with Gasteiger partial charge in [0.1, 0.15) is 18.0 Å². The fourth-order valence-electron chi connectivity index (χ4n) is 5.98. The molecule has 0 aromatic carbocycles. The topological polar surface area (TPSA) is 114 Å². The summed E-state index contributed by atoms with van der Waals surface area (Å²) >= 11 is 0. The summed E-state index contributed by atoms with van der Waals surface area (Å²) in [6.45, 7) is 4.72. The molecule has 10 heteroatoms. The third-order valence-electron chi connectivity index (χ3n) is 7.22. The van der Waals surface area contributed by atoms with Crippen LogP contribution < -0.4 is 15.4 Å². The predicted octanol–water partition coefficient (Wildman–Crippen LogP) is 0.0562. The van der Waals surface area contributed by atoms with Crippen molar-refractivity contribution in [3.05, 3.63) is 12.4 Å². The second-order valence-corrected chi connectivity index (χ2v) is 11.0. The average molecular weight is 423 g/mol. The molecule has 1 aromatic rings. The zero-order chi connectivity index (χ0) is 20.2. The molecule has 0 unspecified atom stereocenters. The molecule has 29 heavy (non-hydrogen) atoms. The largest absolute Gasteiger partial charge is 0.384 e. The first-order valence-electron chi connectivity index (χ1n) is 10.5. The van der Waals surface area contributed by atoms with Gasteiger partial charge in [0, 0.05) is 43.6 Å². The van der Waals surface area contributed by atoms with E-state index in [4.69, 9.17) is 10.5 Å². The lowest BCUT2D eigenvalue weighted by molar-refractivity contribution is 0.0131. The Morgan fingerprint density at radius 1 is 1.31 bits per heavy atom. The summed E-state index contributed by atoms with van der Waals surface area (Å²) in [6, 6.07) is 1.91. The Morgan fingerprint density at radius 2 is 2.10 bits per heavy atom. The maximum absolute atomic E-state index is 11.5. The highest BCUT2D eigenvalue weighted by Crippen LogP contribution is 2.55. The number of fused-ring (bicyclic) bond motifs is 1. The van der Waals surface area contributed by atoms with Crippen molar-refractivity contribution < 1.29 is 13.2 Å². The summed E-state index contributed by atoms with van der Waals surface area (Å²) < 4.78 is 32.3. The van der Waals surface area contributed by atoms with Crippen LogP contribution in [0, 0.1) is 11.8 Å². The van der Waals surface area contributed by atoms with E-state index in [1.807, 2.05) is 6.07 Å². The number of likely N-dealkylation sites (tertiary alicyclic amines) is 1. The summed E-state index contributed by atoms with van der Waals surface area (Å²) in [6.07, 6.45) is 7.11. The molecular formula is C19H30N6O3S. The van der Waals surface area contributed by atoms with Crippen LogP contribution in [0.5, 0.6) is 0 Å². The van der Waals surface area contributed by atoms with Gasteiger partial charge in [0.15, 0.2) is 0 Å². The van der Waals surface area contributed by atoms with Gasteiger partial charge in [-0.15, -0.1) is 0 Å². The highest BCUT2D eigenvalue weighted by molar-refractivity contribution is 7.88. The van der Waals surface area contributed by atoms with Crippen LogP contribution in [0.15, 0.2) is 12.4 Å². The Balaban J connectivity index is 1.23. The number of anilines is 2. The zero-order valence-corrected chi connectivity index (χ0v) is 17.6. The van der Waals surface area contributed by atoms with Crippen LogP contribution in [0.3, 0.4) is 0 Å². The molecule has 5 rings (SSSR count). The van der Waals surface area contributed by atoms with Gasteiger partial charge in [-0.2, -0.15) is 0 Å². The minimum atomic E-state index is -3.13. The Labute approximate surface area is 172 Å². The maximum atomic E-state index is 11.5. The molecule has 4 aliphatic rings. The van der Waals surface area contributed by atoms with Gasteiger partial charge in [-0.25, -0.2) is 23.1 Å². The van der Waals surface area contributed by atoms with Gasteiger partial charge < -0.3 is 20.3 Å². The van der Waals surface area contributed by atoms with Gasteiger partial charge in [0.2, 0.25) is 10.0 Å². The van der Waals surface area contributed by atoms with Crippen LogP contribution in [0.25, 0.3) is 0 Å². The fraction of sp³-hybridized carbons (Fsp3) is 0.789. The van der Waals surface area contributed by atoms with Crippen LogP contribution in [0.2, 0.25) is 0 Å². The summed E-state index contributed by atoms with van der Waals surface area (Å²) in [5.41, 5.74) is 5.81. The number of ether oxygens (including phenoxy) is 1. The zero-order valence-electron chi connectivity index (χ0n) is 16.8. The van der Waals surface area contributed by atoms with Crippen LogP contribution in [0.4, 0.5) is 11.6 Å². The lowest BCUT2D eigenvalue weighted by Crippen LogP contribution is -2.48. The number of sulfonamides is 1. The monoisotopic (exact) mass is 422 g/mol. The van der Waals surface area contributed by atoms with Gasteiger partial charge in [0.05, 0.1) is 18.0 Å². The number of piperidine rings is 1. The number of nitrogen functional groups attached to an aromatic ring is 1. The number of nitrogens with zero attached hydrogens (tertiary/aromatic N) is 4. The number of hydrogen-bond acceptors (Lipinski definition) is 8. The van der Waals surface area contributed by atoms with Crippen molar-refractivity contribution in [1.29, 1.82) is 0 Å². The molecule has 2 bridgehead atoms. The molecule has 0 radical (unpaired) electrons. The molecule has 4 saturated heterocycles. The van der Waals surface area contributed by atoms with Crippen molar-refractivity contribution in [1.82, 2.24) is 19.6 Å². The Morgan fingerprint density at radius 3 is 2.83 bits per heavy atom. The second-order valence-electron chi connectivity index (χ2n) is 9.18. The Hall–Kier alpha value is -1.49. The van der Waals surface area contributed by atoms with E-state index in [1.54, 1.807) is 0 Å². The number of hydrogen-bond donors (Lipinski definition) is 2. The van der Waals surface area contributed by atoms with Crippen molar-refractivity contribution in [3.63, 3.8) is 0 Å². The summed E-state index contributed by atoms with van der Waals surface area (Å²) in [4.78, 5) is 13.2. The van der Waals surface area contributed by atoms with E-state index in [9.17, 15) is 8.42 Å². The molecular weight excluding hydrogens is 392 g/mol. The Kier molecular flexibility index (Phi) is 4.73. The highest BCUT2D eigenvalue weighted by Gasteiger charge is 2.63. The van der Waals surface area contributed by atoms with E-state index in [0.29, 0.717) is 23.8 Å². The van der Waals surface area contributed by atoms with E-state index in [0.717, 1.165) is 64.2 Å². The standard InChI is InChI=1S/C19H30N6O3S/c1-29(26,27)23-13-3-6-24(7-4-13)9-14-15-10-25(18-8-17(20)21-12-22-18)11-19(15)5-2-16(14)28-19/h8,12-16,23H,2-7,9-11H2,1H3,(H2,20,21,22)/t14-,15+,16+,19+/m0/s1. The van der Waals surface area contributed by atoms with E-state index in [-0.39, 0.29) is 11.6 Å². The molecule has 3 N–H and O–H groups in total. The predicted molar refractivity (Wildman–Crippen MR) is 110 cm³/mol. The van der Waals surface area contributed by atoms with Crippen LogP contribution in [-0.4, -0.2) is 80.0 Å². The molecule has 0 aliphatic carbocycles. The summed E-state index contributed by atoms with van der Waals surface area (Å²) in [7, 11) is -3.13. The number of rotatable bonds is 5. The van der Waals surface area contributed by atoms with Crippen LogP contribution >= 0.6 is 0 Å². The van der Waals surface area contributed by atoms with Gasteiger partial charge in [0.25, 0.3) is 0 Å². The molecule has 4 fully saturated rings. The average Bonchev–Trinajstić information content (AvgIpc) is 3.32. The Bertz CT molecular complexity index is 874. The first-order chi connectivity index (χ1) is 13.8. The van der Waals surface area contributed by atoms with E-state index >= 15 is 0 Å². The summed E-state index contributed by atoms with van der Waals surface area (Å²) in [5, 5.41) is 0. The van der Waals surface area contributed by atoms with Crippen LogP contribution in [0.1, 0.15) is 25.7 Å². The molecule has 0 amide bonds. The van der Waals surface area contributed by atoms with Crippen molar-refractivity contribution in [2.75, 3.05) is 49.6 Å². The van der Waals surface area contributed by atoms with Crippen molar-refractivity contribution in [3.8, 4) is 0 Å². The normalized spacial score (nSPS) is 35.3. The number of aromatic nitrogens is 2. The van der Waals surface area contributed by atoms with Crippen LogP contribution in [-0.2, 0) is 14.8 Å². The maximum Gasteiger partial charge on any atom is 0.208 e. The first kappa shape index (κ1) is 19.5. The molecule has 0 saturated carbocycles. The second kappa shape index (κ2) is 7.04. The van der Waals surface area contributed by atoms with Crippen molar-refractivity contribution in [2.45, 2.75) is 43.4 Å². The molecule has 160 valence electrons. The highest BCUT2D eigenvalue weighted by atomic mass is 32.2. The first-order valence-corrected chi connectivity index (χ1v) is 12.4. The molecule has 4 aliphatic heterocycles. The quantitative estimate of drug-likeness (QED) is 0.685. The molecule has 1 spiro atoms.